The number of carbonyl (C=O) groups is 2. The van der Waals surface area contributed by atoms with Gasteiger partial charge in [0.1, 0.15) is 0 Å². The zero-order valence-corrected chi connectivity index (χ0v) is 16.5. The summed E-state index contributed by atoms with van der Waals surface area (Å²) in [5.74, 6) is -0.509. The van der Waals surface area contributed by atoms with Crippen LogP contribution < -0.4 is 11.0 Å². The number of nitrogens with one attached hydrogen (secondary N) is 2. The minimum Gasteiger partial charge on any atom is -0.459 e. The van der Waals surface area contributed by atoms with Gasteiger partial charge in [0, 0.05) is 12.2 Å². The molecule has 0 spiro atoms. The highest BCUT2D eigenvalue weighted by Gasteiger charge is 2.12. The maximum Gasteiger partial charge on any atom is 0.343 e. The SMILES string of the molecule is CCCCn1c(SCC(=O)Nc2ccc(C(=O)OC(C)C)cc2)n[nH]c1=O. The van der Waals surface area contributed by atoms with E-state index < -0.39 is 5.97 Å². The molecule has 2 rings (SSSR count). The molecule has 1 aromatic carbocycles. The number of amides is 1. The largest absolute Gasteiger partial charge is 0.459 e. The predicted molar refractivity (Wildman–Crippen MR) is 104 cm³/mol. The third-order valence-electron chi connectivity index (χ3n) is 3.54. The lowest BCUT2D eigenvalue weighted by molar-refractivity contribution is -0.113. The molecular weight excluding hydrogens is 368 g/mol. The van der Waals surface area contributed by atoms with Crippen LogP contribution in [0, 0.1) is 0 Å². The van der Waals surface area contributed by atoms with Gasteiger partial charge in [0.25, 0.3) is 0 Å². The van der Waals surface area contributed by atoms with E-state index in [1.54, 1.807) is 38.1 Å². The van der Waals surface area contributed by atoms with E-state index in [4.69, 9.17) is 4.74 Å². The maximum absolute atomic E-state index is 12.1. The monoisotopic (exact) mass is 392 g/mol. The molecule has 1 aromatic heterocycles. The van der Waals surface area contributed by atoms with Crippen LogP contribution in [-0.2, 0) is 16.1 Å². The number of H-pyrrole nitrogens is 1. The summed E-state index contributed by atoms with van der Waals surface area (Å²) in [6, 6.07) is 6.49. The number of thioether (sulfide) groups is 1. The lowest BCUT2D eigenvalue weighted by Gasteiger charge is -2.09. The second-order valence-corrected chi connectivity index (χ2v) is 7.13. The first-order chi connectivity index (χ1) is 12.9. The lowest BCUT2D eigenvalue weighted by atomic mass is 10.2. The lowest BCUT2D eigenvalue weighted by Crippen LogP contribution is -2.19. The standard InChI is InChI=1S/C18H24N4O4S/c1-4-5-10-22-17(25)20-21-18(22)27-11-15(23)19-14-8-6-13(7-9-14)16(24)26-12(2)3/h6-9,12H,4-5,10-11H2,1-3H3,(H,19,23)(H,20,25). The van der Waals surface area contributed by atoms with Crippen LogP contribution in [0.4, 0.5) is 5.69 Å². The quantitative estimate of drug-likeness (QED) is 0.502. The van der Waals surface area contributed by atoms with Gasteiger partial charge in [-0.1, -0.05) is 25.1 Å². The van der Waals surface area contributed by atoms with E-state index in [2.05, 4.69) is 15.5 Å². The first-order valence-corrected chi connectivity index (χ1v) is 9.78. The molecule has 146 valence electrons. The molecule has 0 bridgehead atoms. The fourth-order valence-corrected chi connectivity index (χ4v) is 3.00. The number of benzene rings is 1. The highest BCUT2D eigenvalue weighted by Crippen LogP contribution is 2.16. The fourth-order valence-electron chi connectivity index (χ4n) is 2.23. The van der Waals surface area contributed by atoms with E-state index in [1.165, 1.54) is 16.3 Å². The second-order valence-electron chi connectivity index (χ2n) is 6.18. The molecule has 0 aliphatic carbocycles. The van der Waals surface area contributed by atoms with Gasteiger partial charge in [0.2, 0.25) is 5.91 Å². The van der Waals surface area contributed by atoms with Gasteiger partial charge in [0.05, 0.1) is 17.4 Å². The van der Waals surface area contributed by atoms with Crippen LogP contribution in [0.2, 0.25) is 0 Å². The molecule has 2 N–H and O–H groups in total. The molecule has 27 heavy (non-hydrogen) atoms. The average Bonchev–Trinajstić information content (AvgIpc) is 2.98. The molecule has 1 heterocycles. The van der Waals surface area contributed by atoms with Crippen LogP contribution in [-0.4, -0.2) is 38.5 Å². The summed E-state index contributed by atoms with van der Waals surface area (Å²) in [5.41, 5.74) is 0.731. The Kier molecular flexibility index (Phi) is 7.66. The third kappa shape index (κ3) is 6.28. The second kappa shape index (κ2) is 9.96. The van der Waals surface area contributed by atoms with Crippen molar-refractivity contribution in [3.05, 3.63) is 40.3 Å². The van der Waals surface area contributed by atoms with Crippen molar-refractivity contribution in [3.63, 3.8) is 0 Å². The topological polar surface area (TPSA) is 106 Å². The highest BCUT2D eigenvalue weighted by molar-refractivity contribution is 7.99. The van der Waals surface area contributed by atoms with Gasteiger partial charge in [0.15, 0.2) is 5.16 Å². The van der Waals surface area contributed by atoms with E-state index >= 15 is 0 Å². The molecule has 2 aromatic rings. The molecule has 0 atom stereocenters. The number of aromatic nitrogens is 3. The summed E-state index contributed by atoms with van der Waals surface area (Å²) < 4.78 is 6.66. The molecular formula is C18H24N4O4S. The number of hydrogen-bond donors (Lipinski definition) is 2. The molecule has 0 aliphatic heterocycles. The molecule has 0 unspecified atom stereocenters. The summed E-state index contributed by atoms with van der Waals surface area (Å²) in [6.45, 7) is 6.18. The van der Waals surface area contributed by atoms with Gasteiger partial charge in [-0.3, -0.25) is 9.36 Å². The van der Waals surface area contributed by atoms with Crippen LogP contribution in [0.5, 0.6) is 0 Å². The van der Waals surface area contributed by atoms with Crippen LogP contribution in [0.3, 0.4) is 0 Å². The minimum absolute atomic E-state index is 0.119. The number of hydrogen-bond acceptors (Lipinski definition) is 6. The number of ether oxygens (including phenoxy) is 1. The fraction of sp³-hybridized carbons (Fsp3) is 0.444. The number of nitrogens with zero attached hydrogens (tertiary/aromatic N) is 2. The van der Waals surface area contributed by atoms with Gasteiger partial charge in [-0.05, 0) is 44.5 Å². The Hall–Kier alpha value is -2.55. The van der Waals surface area contributed by atoms with Crippen molar-refractivity contribution < 1.29 is 14.3 Å². The number of carbonyl (C=O) groups excluding carboxylic acids is 2. The van der Waals surface area contributed by atoms with Crippen LogP contribution in [0.15, 0.2) is 34.2 Å². The number of rotatable bonds is 9. The summed E-state index contributed by atoms with van der Waals surface area (Å²) in [6.07, 6.45) is 1.64. The van der Waals surface area contributed by atoms with E-state index in [1.807, 2.05) is 6.92 Å². The van der Waals surface area contributed by atoms with Crippen molar-refractivity contribution in [2.24, 2.45) is 0 Å². The first kappa shape index (κ1) is 20.8. The van der Waals surface area contributed by atoms with Crippen LogP contribution in [0.25, 0.3) is 0 Å². The minimum atomic E-state index is -0.401. The molecule has 9 heteroatoms. The molecule has 8 nitrogen and oxygen atoms in total. The van der Waals surface area contributed by atoms with Gasteiger partial charge in [-0.25, -0.2) is 14.7 Å². The molecule has 1 amide bonds. The van der Waals surface area contributed by atoms with Gasteiger partial charge in [-0.15, -0.1) is 5.10 Å². The van der Waals surface area contributed by atoms with Crippen molar-refractivity contribution >= 4 is 29.3 Å². The molecule has 0 fully saturated rings. The summed E-state index contributed by atoms with van der Waals surface area (Å²) in [4.78, 5) is 35.7. The summed E-state index contributed by atoms with van der Waals surface area (Å²) in [5, 5.41) is 9.62. The average molecular weight is 392 g/mol. The van der Waals surface area contributed by atoms with Gasteiger partial charge < -0.3 is 10.1 Å². The third-order valence-corrected chi connectivity index (χ3v) is 4.51. The van der Waals surface area contributed by atoms with Crippen LogP contribution in [0.1, 0.15) is 44.0 Å². The van der Waals surface area contributed by atoms with Gasteiger partial charge in [-0.2, -0.15) is 0 Å². The molecule has 0 saturated heterocycles. The summed E-state index contributed by atoms with van der Waals surface area (Å²) >= 11 is 1.19. The Morgan fingerprint density at radius 1 is 1.30 bits per heavy atom. The number of unbranched alkanes of at least 4 members (excludes halogenated alkanes) is 1. The van der Waals surface area contributed by atoms with Crippen molar-refractivity contribution in [2.45, 2.75) is 51.4 Å². The summed E-state index contributed by atoms with van der Waals surface area (Å²) in [7, 11) is 0. The Morgan fingerprint density at radius 2 is 2.00 bits per heavy atom. The Bertz CT molecular complexity index is 827. The molecule has 0 radical (unpaired) electrons. The first-order valence-electron chi connectivity index (χ1n) is 8.79. The normalized spacial score (nSPS) is 10.8. The predicted octanol–water partition coefficient (Wildman–Crippen LogP) is 2.67. The Morgan fingerprint density at radius 3 is 2.63 bits per heavy atom. The highest BCUT2D eigenvalue weighted by atomic mass is 32.2. The van der Waals surface area contributed by atoms with E-state index in [0.717, 1.165) is 12.8 Å². The van der Waals surface area contributed by atoms with Crippen molar-refractivity contribution in [1.82, 2.24) is 14.8 Å². The van der Waals surface area contributed by atoms with E-state index in [-0.39, 0.29) is 23.5 Å². The number of aromatic amines is 1. The van der Waals surface area contributed by atoms with Crippen LogP contribution >= 0.6 is 11.8 Å². The molecule has 0 aliphatic rings. The van der Waals surface area contributed by atoms with E-state index in [9.17, 15) is 14.4 Å². The van der Waals surface area contributed by atoms with E-state index in [0.29, 0.717) is 23.0 Å². The zero-order chi connectivity index (χ0) is 19.8. The maximum atomic E-state index is 12.1. The zero-order valence-electron chi connectivity index (χ0n) is 15.7. The van der Waals surface area contributed by atoms with Crippen molar-refractivity contribution in [2.75, 3.05) is 11.1 Å². The van der Waals surface area contributed by atoms with Gasteiger partial charge >= 0.3 is 11.7 Å². The smallest absolute Gasteiger partial charge is 0.343 e. The number of anilines is 1. The Balaban J connectivity index is 1.89. The van der Waals surface area contributed by atoms with Crippen molar-refractivity contribution in [3.8, 4) is 0 Å². The Labute approximate surface area is 161 Å². The molecule has 0 saturated carbocycles. The number of esters is 1. The van der Waals surface area contributed by atoms with Crippen molar-refractivity contribution in [1.29, 1.82) is 0 Å².